The first-order valence-corrected chi connectivity index (χ1v) is 4.32. The predicted octanol–water partition coefficient (Wildman–Crippen LogP) is -0.271. The molecule has 2 N–H and O–H groups in total. The Morgan fingerprint density at radius 2 is 2.38 bits per heavy atom. The molecule has 13 heavy (non-hydrogen) atoms. The van der Waals surface area contributed by atoms with E-state index in [0.717, 1.165) is 0 Å². The van der Waals surface area contributed by atoms with Gasteiger partial charge in [-0.3, -0.25) is 4.79 Å². The number of nitrogens with two attached hydrogens (primary N) is 1. The van der Waals surface area contributed by atoms with Gasteiger partial charge in [-0.2, -0.15) is 0 Å². The minimum atomic E-state index is -0.323. The summed E-state index contributed by atoms with van der Waals surface area (Å²) in [6.45, 7) is 0.144. The lowest BCUT2D eigenvalue weighted by molar-refractivity contribution is -0.138. The van der Waals surface area contributed by atoms with Crippen LogP contribution in [0.25, 0.3) is 0 Å². The lowest BCUT2D eigenvalue weighted by Gasteiger charge is -2.12. The zero-order chi connectivity index (χ0) is 9.84. The van der Waals surface area contributed by atoms with Crippen LogP contribution in [0.3, 0.4) is 0 Å². The third-order valence-electron chi connectivity index (χ3n) is 1.35. The van der Waals surface area contributed by atoms with Crippen molar-refractivity contribution in [2.45, 2.75) is 0 Å². The molecular formula is C6H10N4O2S. The summed E-state index contributed by atoms with van der Waals surface area (Å²) in [7, 11) is 3.06. The molecule has 0 unspecified atom stereocenters. The molecule has 0 aromatic carbocycles. The molecule has 72 valence electrons. The number of hydrogen-bond acceptors (Lipinski definition) is 7. The molecule has 0 aliphatic rings. The molecule has 0 fully saturated rings. The first kappa shape index (κ1) is 9.72. The summed E-state index contributed by atoms with van der Waals surface area (Å²) in [5, 5.41) is 8.37. The summed E-state index contributed by atoms with van der Waals surface area (Å²) in [5.74, 6) is -0.323. The van der Waals surface area contributed by atoms with Gasteiger partial charge in [0.1, 0.15) is 6.54 Å². The highest BCUT2D eigenvalue weighted by atomic mass is 32.1. The Hall–Kier alpha value is -1.37. The summed E-state index contributed by atoms with van der Waals surface area (Å²) in [5.41, 5.74) is 5.38. The SMILES string of the molecule is COC(=O)CN(C)c1nnc(N)s1. The molecule has 0 aliphatic carbocycles. The number of aromatic nitrogens is 2. The summed E-state index contributed by atoms with van der Waals surface area (Å²) in [4.78, 5) is 12.5. The summed E-state index contributed by atoms with van der Waals surface area (Å²) < 4.78 is 4.49. The molecule has 0 bridgehead atoms. The first-order valence-electron chi connectivity index (χ1n) is 3.50. The van der Waals surface area contributed by atoms with Crippen molar-refractivity contribution < 1.29 is 9.53 Å². The highest BCUT2D eigenvalue weighted by molar-refractivity contribution is 7.18. The Morgan fingerprint density at radius 1 is 1.69 bits per heavy atom. The van der Waals surface area contributed by atoms with Crippen LogP contribution in [-0.2, 0) is 9.53 Å². The zero-order valence-electron chi connectivity index (χ0n) is 7.35. The van der Waals surface area contributed by atoms with Gasteiger partial charge in [0, 0.05) is 7.05 Å². The van der Waals surface area contributed by atoms with Crippen LogP contribution >= 0.6 is 11.3 Å². The third-order valence-corrected chi connectivity index (χ3v) is 2.22. The third kappa shape index (κ3) is 2.55. The number of nitrogen functional groups attached to an aromatic ring is 1. The molecule has 7 heteroatoms. The second-order valence-corrected chi connectivity index (χ2v) is 3.34. The van der Waals surface area contributed by atoms with Crippen molar-refractivity contribution in [2.75, 3.05) is 31.3 Å². The maximum Gasteiger partial charge on any atom is 0.325 e. The van der Waals surface area contributed by atoms with Gasteiger partial charge in [-0.1, -0.05) is 11.3 Å². The number of hydrogen-bond donors (Lipinski definition) is 1. The zero-order valence-corrected chi connectivity index (χ0v) is 8.17. The van der Waals surface area contributed by atoms with Gasteiger partial charge in [-0.15, -0.1) is 10.2 Å². The van der Waals surface area contributed by atoms with Crippen LogP contribution < -0.4 is 10.6 Å². The molecular weight excluding hydrogens is 192 g/mol. The van der Waals surface area contributed by atoms with Crippen molar-refractivity contribution in [2.24, 2.45) is 0 Å². The normalized spacial score (nSPS) is 9.69. The van der Waals surface area contributed by atoms with Crippen molar-refractivity contribution in [3.63, 3.8) is 0 Å². The van der Waals surface area contributed by atoms with Crippen molar-refractivity contribution in [1.82, 2.24) is 10.2 Å². The number of esters is 1. The van der Waals surface area contributed by atoms with Crippen LogP contribution in [0.2, 0.25) is 0 Å². The van der Waals surface area contributed by atoms with E-state index in [0.29, 0.717) is 10.3 Å². The standard InChI is InChI=1S/C6H10N4O2S/c1-10(3-4(11)12-2)6-9-8-5(7)13-6/h3H2,1-2H3,(H2,7,8). The maximum atomic E-state index is 10.9. The molecule has 0 spiro atoms. The van der Waals surface area contributed by atoms with E-state index >= 15 is 0 Å². The number of anilines is 2. The Balaban J connectivity index is 2.58. The van der Waals surface area contributed by atoms with E-state index in [2.05, 4.69) is 14.9 Å². The first-order chi connectivity index (χ1) is 6.13. The van der Waals surface area contributed by atoms with Crippen LogP contribution in [0.4, 0.5) is 10.3 Å². The molecule has 1 aromatic heterocycles. The Kier molecular flexibility index (Phi) is 3.02. The van der Waals surface area contributed by atoms with Gasteiger partial charge in [0.15, 0.2) is 0 Å². The van der Waals surface area contributed by atoms with Gasteiger partial charge < -0.3 is 15.4 Å². The summed E-state index contributed by atoms with van der Waals surface area (Å²) >= 11 is 1.22. The fourth-order valence-corrected chi connectivity index (χ4v) is 1.28. The Morgan fingerprint density at radius 3 is 2.85 bits per heavy atom. The molecule has 6 nitrogen and oxygen atoms in total. The average Bonchev–Trinajstić information content (AvgIpc) is 2.51. The van der Waals surface area contributed by atoms with Crippen molar-refractivity contribution in [3.05, 3.63) is 0 Å². The van der Waals surface area contributed by atoms with E-state index in [1.807, 2.05) is 0 Å². The fraction of sp³-hybridized carbons (Fsp3) is 0.500. The van der Waals surface area contributed by atoms with Crippen LogP contribution in [0.15, 0.2) is 0 Å². The Bertz CT molecular complexity index is 301. The largest absolute Gasteiger partial charge is 0.468 e. The number of rotatable bonds is 3. The molecule has 0 radical (unpaired) electrons. The molecule has 1 heterocycles. The predicted molar refractivity (Wildman–Crippen MR) is 49.6 cm³/mol. The van der Waals surface area contributed by atoms with Crippen molar-refractivity contribution in [3.8, 4) is 0 Å². The number of carbonyl (C=O) groups is 1. The molecule has 0 aliphatic heterocycles. The molecule has 0 atom stereocenters. The number of ether oxygens (including phenoxy) is 1. The van der Waals surface area contributed by atoms with Crippen LogP contribution in [0, 0.1) is 0 Å². The number of carbonyl (C=O) groups excluding carboxylic acids is 1. The van der Waals surface area contributed by atoms with Gasteiger partial charge in [0.25, 0.3) is 0 Å². The van der Waals surface area contributed by atoms with E-state index in [-0.39, 0.29) is 12.5 Å². The number of nitrogens with zero attached hydrogens (tertiary/aromatic N) is 3. The van der Waals surface area contributed by atoms with Gasteiger partial charge >= 0.3 is 5.97 Å². The lowest BCUT2D eigenvalue weighted by Crippen LogP contribution is -2.26. The van der Waals surface area contributed by atoms with Gasteiger partial charge in [0.2, 0.25) is 10.3 Å². The van der Waals surface area contributed by atoms with E-state index in [1.54, 1.807) is 11.9 Å². The van der Waals surface area contributed by atoms with Crippen molar-refractivity contribution >= 4 is 27.6 Å². The molecule has 1 rings (SSSR count). The lowest BCUT2D eigenvalue weighted by atomic mass is 10.6. The monoisotopic (exact) mass is 202 g/mol. The van der Waals surface area contributed by atoms with Gasteiger partial charge in [-0.05, 0) is 0 Å². The molecule has 0 amide bonds. The number of likely N-dealkylation sites (N-methyl/N-ethyl adjacent to an activating group) is 1. The average molecular weight is 202 g/mol. The van der Waals surface area contributed by atoms with Crippen LogP contribution in [0.5, 0.6) is 0 Å². The van der Waals surface area contributed by atoms with E-state index in [1.165, 1.54) is 18.4 Å². The van der Waals surface area contributed by atoms with Crippen molar-refractivity contribution in [1.29, 1.82) is 0 Å². The second kappa shape index (κ2) is 4.04. The summed E-state index contributed by atoms with van der Waals surface area (Å²) in [6, 6.07) is 0. The molecule has 0 saturated heterocycles. The molecule has 0 saturated carbocycles. The molecule has 1 aromatic rings. The van der Waals surface area contributed by atoms with Crippen LogP contribution in [0.1, 0.15) is 0 Å². The van der Waals surface area contributed by atoms with E-state index < -0.39 is 0 Å². The minimum Gasteiger partial charge on any atom is -0.468 e. The highest BCUT2D eigenvalue weighted by Gasteiger charge is 2.10. The van der Waals surface area contributed by atoms with Crippen LogP contribution in [-0.4, -0.2) is 36.9 Å². The topological polar surface area (TPSA) is 81.3 Å². The quantitative estimate of drug-likeness (QED) is 0.679. The smallest absolute Gasteiger partial charge is 0.325 e. The maximum absolute atomic E-state index is 10.9. The van der Waals surface area contributed by atoms with Gasteiger partial charge in [0.05, 0.1) is 7.11 Å². The van der Waals surface area contributed by atoms with Gasteiger partial charge in [-0.25, -0.2) is 0 Å². The fourth-order valence-electron chi connectivity index (χ4n) is 0.706. The summed E-state index contributed by atoms with van der Waals surface area (Å²) in [6.07, 6.45) is 0. The number of methoxy groups -OCH3 is 1. The van der Waals surface area contributed by atoms with E-state index in [9.17, 15) is 4.79 Å². The minimum absolute atomic E-state index is 0.144. The second-order valence-electron chi connectivity index (χ2n) is 2.36. The highest BCUT2D eigenvalue weighted by Crippen LogP contribution is 2.19. The Labute approximate surface area is 79.3 Å². The van der Waals surface area contributed by atoms with E-state index in [4.69, 9.17) is 5.73 Å².